The van der Waals surface area contributed by atoms with Crippen molar-refractivity contribution in [3.63, 3.8) is 0 Å². The summed E-state index contributed by atoms with van der Waals surface area (Å²) in [5.74, 6) is 5.27. The first-order chi connectivity index (χ1) is 14.1. The SMILES string of the molecule is CC.CCCNC(C)c1cc2cc(-c3ccc[nH]3)ccc2cc1P(C)CCON. The fourth-order valence-electron chi connectivity index (χ4n) is 3.44. The van der Waals surface area contributed by atoms with Gasteiger partial charge in [-0.25, -0.2) is 5.90 Å². The Hall–Kier alpha value is -1.71. The molecule has 2 unspecified atom stereocenters. The molecule has 4 N–H and O–H groups in total. The third-order valence-corrected chi connectivity index (χ3v) is 7.08. The molecule has 0 saturated heterocycles. The van der Waals surface area contributed by atoms with Crippen LogP contribution in [0.4, 0.5) is 0 Å². The molecule has 2 atom stereocenters. The van der Waals surface area contributed by atoms with Crippen molar-refractivity contribution < 1.29 is 4.84 Å². The minimum Gasteiger partial charge on any atom is -0.361 e. The van der Waals surface area contributed by atoms with Crippen molar-refractivity contribution in [2.45, 2.75) is 40.2 Å². The Morgan fingerprint density at radius 3 is 2.59 bits per heavy atom. The van der Waals surface area contributed by atoms with Crippen LogP contribution in [0.2, 0.25) is 0 Å². The molecule has 0 saturated carbocycles. The summed E-state index contributed by atoms with van der Waals surface area (Å²) in [7, 11) is -0.318. The minimum atomic E-state index is -0.318. The molecule has 0 aliphatic carbocycles. The van der Waals surface area contributed by atoms with Gasteiger partial charge in [-0.3, -0.25) is 0 Å². The maximum Gasteiger partial charge on any atom is 0.0721 e. The quantitative estimate of drug-likeness (QED) is 0.318. The Kier molecular flexibility index (Phi) is 9.83. The lowest BCUT2D eigenvalue weighted by molar-refractivity contribution is 0.154. The molecule has 0 spiro atoms. The average molecular weight is 414 g/mol. The Labute approximate surface area is 176 Å². The van der Waals surface area contributed by atoms with Crippen LogP contribution in [-0.4, -0.2) is 31.0 Å². The first kappa shape index (κ1) is 23.6. The smallest absolute Gasteiger partial charge is 0.0721 e. The summed E-state index contributed by atoms with van der Waals surface area (Å²) >= 11 is 0. The third-order valence-electron chi connectivity index (χ3n) is 5.02. The van der Waals surface area contributed by atoms with Crippen molar-refractivity contribution in [1.82, 2.24) is 10.3 Å². The highest BCUT2D eigenvalue weighted by Crippen LogP contribution is 2.35. The zero-order valence-electron chi connectivity index (χ0n) is 18.5. The van der Waals surface area contributed by atoms with E-state index in [1.807, 2.05) is 26.1 Å². The van der Waals surface area contributed by atoms with Gasteiger partial charge in [-0.1, -0.05) is 40.8 Å². The number of benzene rings is 2. The molecule has 1 heterocycles. The van der Waals surface area contributed by atoms with Gasteiger partial charge in [0, 0.05) is 17.9 Å². The van der Waals surface area contributed by atoms with E-state index in [4.69, 9.17) is 10.7 Å². The summed E-state index contributed by atoms with van der Waals surface area (Å²) in [6, 6.07) is 15.9. The molecule has 0 radical (unpaired) electrons. The standard InChI is InChI=1S/C22H30N3OP.C2H6/c1-4-9-24-16(2)20-14-19-13-18(21-6-5-10-25-21)8-7-17(19)15-22(20)27(3)12-11-26-23;1-2/h5-8,10,13-16,24-25H,4,9,11-12,23H2,1-3H3;1-2H3. The molecule has 0 amide bonds. The molecule has 1 aromatic heterocycles. The van der Waals surface area contributed by atoms with Crippen LogP contribution in [0.3, 0.4) is 0 Å². The topological polar surface area (TPSA) is 63.1 Å². The van der Waals surface area contributed by atoms with Crippen LogP contribution in [0.25, 0.3) is 22.0 Å². The summed E-state index contributed by atoms with van der Waals surface area (Å²) in [4.78, 5) is 8.14. The number of hydrogen-bond donors (Lipinski definition) is 3. The molecule has 5 heteroatoms. The van der Waals surface area contributed by atoms with Crippen LogP contribution < -0.4 is 16.5 Å². The molecular weight excluding hydrogens is 377 g/mol. The van der Waals surface area contributed by atoms with E-state index in [1.165, 1.54) is 27.2 Å². The molecule has 0 aliphatic heterocycles. The summed E-state index contributed by atoms with van der Waals surface area (Å²) < 4.78 is 0. The van der Waals surface area contributed by atoms with Gasteiger partial charge >= 0.3 is 0 Å². The van der Waals surface area contributed by atoms with Gasteiger partial charge in [0.15, 0.2) is 0 Å². The van der Waals surface area contributed by atoms with Gasteiger partial charge < -0.3 is 15.1 Å². The zero-order chi connectivity index (χ0) is 21.2. The second-order valence-electron chi connectivity index (χ2n) is 7.02. The lowest BCUT2D eigenvalue weighted by Crippen LogP contribution is -2.25. The zero-order valence-corrected chi connectivity index (χ0v) is 19.4. The maximum absolute atomic E-state index is 5.27. The highest BCUT2D eigenvalue weighted by molar-refractivity contribution is 7.65. The normalized spacial score (nSPS) is 13.0. The predicted molar refractivity (Wildman–Crippen MR) is 129 cm³/mol. The average Bonchev–Trinajstić information content (AvgIpc) is 3.30. The van der Waals surface area contributed by atoms with Crippen LogP contribution in [0.15, 0.2) is 48.7 Å². The number of rotatable bonds is 9. The van der Waals surface area contributed by atoms with E-state index in [0.29, 0.717) is 12.6 Å². The molecule has 2 aromatic carbocycles. The Morgan fingerprint density at radius 1 is 1.14 bits per heavy atom. The van der Waals surface area contributed by atoms with E-state index in [-0.39, 0.29) is 7.92 Å². The van der Waals surface area contributed by atoms with E-state index in [0.717, 1.165) is 24.8 Å². The number of fused-ring (bicyclic) bond motifs is 1. The van der Waals surface area contributed by atoms with E-state index < -0.39 is 0 Å². The van der Waals surface area contributed by atoms with Crippen molar-refractivity contribution in [2.24, 2.45) is 5.90 Å². The van der Waals surface area contributed by atoms with Gasteiger partial charge in [0.05, 0.1) is 6.61 Å². The van der Waals surface area contributed by atoms with Gasteiger partial charge in [0.2, 0.25) is 0 Å². The van der Waals surface area contributed by atoms with Crippen molar-refractivity contribution in [1.29, 1.82) is 0 Å². The molecule has 0 fully saturated rings. The summed E-state index contributed by atoms with van der Waals surface area (Å²) in [5, 5.41) is 7.67. The number of aromatic nitrogens is 1. The number of hydrogen-bond acceptors (Lipinski definition) is 3. The lowest BCUT2D eigenvalue weighted by atomic mass is 10.00. The van der Waals surface area contributed by atoms with E-state index in [9.17, 15) is 0 Å². The highest BCUT2D eigenvalue weighted by atomic mass is 31.1. The third kappa shape index (κ3) is 6.13. The van der Waals surface area contributed by atoms with Crippen LogP contribution in [-0.2, 0) is 4.84 Å². The summed E-state index contributed by atoms with van der Waals surface area (Å²) in [5.41, 5.74) is 3.76. The Morgan fingerprint density at radius 2 is 1.93 bits per heavy atom. The molecule has 0 bridgehead atoms. The van der Waals surface area contributed by atoms with Gasteiger partial charge in [-0.05, 0) is 90.3 Å². The van der Waals surface area contributed by atoms with Crippen LogP contribution in [0, 0.1) is 0 Å². The number of nitrogens with one attached hydrogen (secondary N) is 2. The number of H-pyrrole nitrogens is 1. The Balaban J connectivity index is 0.00000145. The van der Waals surface area contributed by atoms with Crippen LogP contribution >= 0.6 is 7.92 Å². The van der Waals surface area contributed by atoms with Crippen molar-refractivity contribution in [3.8, 4) is 11.3 Å². The molecule has 3 rings (SSSR count). The largest absolute Gasteiger partial charge is 0.361 e. The first-order valence-corrected chi connectivity index (χ1v) is 12.6. The van der Waals surface area contributed by atoms with Crippen molar-refractivity contribution in [3.05, 3.63) is 54.2 Å². The van der Waals surface area contributed by atoms with Crippen molar-refractivity contribution >= 4 is 24.0 Å². The van der Waals surface area contributed by atoms with E-state index in [2.05, 4.69) is 67.2 Å². The van der Waals surface area contributed by atoms with Gasteiger partial charge in [-0.2, -0.15) is 0 Å². The van der Waals surface area contributed by atoms with E-state index in [1.54, 1.807) is 0 Å². The van der Waals surface area contributed by atoms with Gasteiger partial charge in [-0.15, -0.1) is 0 Å². The van der Waals surface area contributed by atoms with Gasteiger partial charge in [0.25, 0.3) is 0 Å². The number of nitrogens with two attached hydrogens (primary N) is 1. The molecule has 3 aromatic rings. The number of aromatic amines is 1. The lowest BCUT2D eigenvalue weighted by Gasteiger charge is -2.23. The fraction of sp³-hybridized carbons (Fsp3) is 0.417. The second-order valence-corrected chi connectivity index (χ2v) is 9.35. The molecule has 0 aliphatic rings. The Bertz CT molecular complexity index is 864. The molecule has 4 nitrogen and oxygen atoms in total. The van der Waals surface area contributed by atoms with Crippen LogP contribution in [0.5, 0.6) is 0 Å². The van der Waals surface area contributed by atoms with Crippen LogP contribution in [0.1, 0.15) is 45.7 Å². The first-order valence-electron chi connectivity index (χ1n) is 10.6. The molecular formula is C24H36N3OP. The van der Waals surface area contributed by atoms with E-state index >= 15 is 0 Å². The molecule has 158 valence electrons. The van der Waals surface area contributed by atoms with Crippen molar-refractivity contribution in [2.75, 3.05) is 26.0 Å². The van der Waals surface area contributed by atoms with Gasteiger partial charge in [0.1, 0.15) is 0 Å². The highest BCUT2D eigenvalue weighted by Gasteiger charge is 2.16. The minimum absolute atomic E-state index is 0.318. The summed E-state index contributed by atoms with van der Waals surface area (Å²) in [6.45, 7) is 12.4. The maximum atomic E-state index is 5.27. The predicted octanol–water partition coefficient (Wildman–Crippen LogP) is 5.55. The monoisotopic (exact) mass is 413 g/mol. The summed E-state index contributed by atoms with van der Waals surface area (Å²) in [6.07, 6.45) is 4.08. The fourth-order valence-corrected chi connectivity index (χ4v) is 5.12. The molecule has 29 heavy (non-hydrogen) atoms. The second kappa shape index (κ2) is 12.1.